The number of nitrogens with zero attached hydrogens (tertiary/aromatic N) is 1. The van der Waals surface area contributed by atoms with Gasteiger partial charge < -0.3 is 9.84 Å². The van der Waals surface area contributed by atoms with Crippen LogP contribution in [-0.2, 0) is 10.3 Å². The van der Waals surface area contributed by atoms with Gasteiger partial charge in [0.1, 0.15) is 17.0 Å². The van der Waals surface area contributed by atoms with Gasteiger partial charge in [-0.2, -0.15) is 4.99 Å². The number of methoxy groups -OCH3 is 1. The summed E-state index contributed by atoms with van der Waals surface area (Å²) in [4.78, 5) is 14.6. The molecule has 17 heavy (non-hydrogen) atoms. The average Bonchev–Trinajstić information content (AvgIpc) is 2.79. The lowest BCUT2D eigenvalue weighted by Crippen LogP contribution is -2.19. The van der Waals surface area contributed by atoms with E-state index in [0.717, 1.165) is 31.2 Å². The van der Waals surface area contributed by atoms with Crippen molar-refractivity contribution in [3.05, 3.63) is 23.8 Å². The third kappa shape index (κ3) is 2.04. The highest BCUT2D eigenvalue weighted by Crippen LogP contribution is 2.46. The summed E-state index contributed by atoms with van der Waals surface area (Å²) in [6.07, 6.45) is 5.39. The first-order valence-corrected chi connectivity index (χ1v) is 5.68. The topological polar surface area (TPSA) is 58.9 Å². The number of rotatable bonds is 3. The molecule has 0 bridgehead atoms. The van der Waals surface area contributed by atoms with E-state index in [4.69, 9.17) is 4.74 Å². The molecule has 2 rings (SSSR count). The Labute approximate surface area is 99.9 Å². The van der Waals surface area contributed by atoms with Crippen LogP contribution in [0.5, 0.6) is 11.5 Å². The monoisotopic (exact) mass is 233 g/mol. The predicted molar refractivity (Wildman–Crippen MR) is 62.9 cm³/mol. The van der Waals surface area contributed by atoms with Crippen LogP contribution in [0.3, 0.4) is 0 Å². The number of isocyanates is 1. The van der Waals surface area contributed by atoms with Crippen molar-refractivity contribution in [2.24, 2.45) is 4.99 Å². The first kappa shape index (κ1) is 11.7. The summed E-state index contributed by atoms with van der Waals surface area (Å²) < 4.78 is 5.26. The van der Waals surface area contributed by atoms with E-state index in [1.54, 1.807) is 31.4 Å². The normalized spacial score (nSPS) is 17.5. The van der Waals surface area contributed by atoms with E-state index in [9.17, 15) is 9.90 Å². The Bertz CT molecular complexity index is 458. The molecule has 0 spiro atoms. The van der Waals surface area contributed by atoms with Gasteiger partial charge in [-0.3, -0.25) is 0 Å². The number of phenolic OH excluding ortho intramolecular Hbond substituents is 1. The van der Waals surface area contributed by atoms with Gasteiger partial charge in [0.25, 0.3) is 0 Å². The van der Waals surface area contributed by atoms with Crippen LogP contribution in [0.2, 0.25) is 0 Å². The van der Waals surface area contributed by atoms with Gasteiger partial charge in [0.05, 0.1) is 7.11 Å². The third-order valence-electron chi connectivity index (χ3n) is 3.38. The first-order chi connectivity index (χ1) is 8.22. The van der Waals surface area contributed by atoms with Gasteiger partial charge >= 0.3 is 0 Å². The standard InChI is InChI=1S/C13H15NO3/c1-17-12-8-10(16)4-5-11(12)13(14-9-15)6-2-3-7-13/h4-5,8,16H,2-3,6-7H2,1H3. The fourth-order valence-corrected chi connectivity index (χ4v) is 2.55. The Morgan fingerprint density at radius 1 is 1.41 bits per heavy atom. The number of phenols is 1. The first-order valence-electron chi connectivity index (χ1n) is 5.68. The van der Waals surface area contributed by atoms with Gasteiger partial charge in [0.15, 0.2) is 0 Å². The third-order valence-corrected chi connectivity index (χ3v) is 3.38. The fraction of sp³-hybridized carbons (Fsp3) is 0.462. The molecule has 1 aliphatic rings. The van der Waals surface area contributed by atoms with Crippen molar-refractivity contribution in [2.45, 2.75) is 31.2 Å². The maximum Gasteiger partial charge on any atom is 0.235 e. The zero-order chi connectivity index (χ0) is 12.3. The number of hydrogen-bond donors (Lipinski definition) is 1. The molecule has 1 aromatic rings. The highest BCUT2D eigenvalue weighted by atomic mass is 16.5. The molecular formula is C13H15NO3. The van der Waals surface area contributed by atoms with Gasteiger partial charge in [0.2, 0.25) is 6.08 Å². The van der Waals surface area contributed by atoms with Crippen LogP contribution < -0.4 is 4.74 Å². The van der Waals surface area contributed by atoms with Crippen molar-refractivity contribution >= 4 is 6.08 Å². The largest absolute Gasteiger partial charge is 0.508 e. The number of hydrogen-bond acceptors (Lipinski definition) is 4. The number of carbonyl (C=O) groups excluding carboxylic acids is 1. The smallest absolute Gasteiger partial charge is 0.235 e. The van der Waals surface area contributed by atoms with Crippen molar-refractivity contribution in [1.82, 2.24) is 0 Å². The van der Waals surface area contributed by atoms with Crippen molar-refractivity contribution in [1.29, 1.82) is 0 Å². The molecule has 0 aliphatic heterocycles. The SMILES string of the molecule is COc1cc(O)ccc1C1(N=C=O)CCCC1. The van der Waals surface area contributed by atoms with Crippen LogP contribution in [0, 0.1) is 0 Å². The molecular weight excluding hydrogens is 218 g/mol. The molecule has 0 aromatic heterocycles. The molecule has 0 heterocycles. The molecule has 1 saturated carbocycles. The van der Waals surface area contributed by atoms with Crippen LogP contribution in [0.15, 0.2) is 23.2 Å². The molecule has 90 valence electrons. The van der Waals surface area contributed by atoms with Gasteiger partial charge in [-0.1, -0.05) is 12.8 Å². The molecule has 1 fully saturated rings. The zero-order valence-electron chi connectivity index (χ0n) is 9.77. The van der Waals surface area contributed by atoms with Crippen molar-refractivity contribution in [3.8, 4) is 11.5 Å². The summed E-state index contributed by atoms with van der Waals surface area (Å²) in [5, 5.41) is 9.44. The molecule has 0 radical (unpaired) electrons. The minimum atomic E-state index is -0.513. The van der Waals surface area contributed by atoms with E-state index in [1.807, 2.05) is 0 Å². The van der Waals surface area contributed by atoms with Crippen LogP contribution in [0.1, 0.15) is 31.2 Å². The quantitative estimate of drug-likeness (QED) is 0.644. The minimum absolute atomic E-state index is 0.147. The van der Waals surface area contributed by atoms with Crippen LogP contribution in [-0.4, -0.2) is 18.3 Å². The van der Waals surface area contributed by atoms with Crippen molar-refractivity contribution < 1.29 is 14.6 Å². The lowest BCUT2D eigenvalue weighted by molar-refractivity contribution is 0.374. The van der Waals surface area contributed by atoms with Gasteiger partial charge in [0, 0.05) is 11.6 Å². The minimum Gasteiger partial charge on any atom is -0.508 e. The molecule has 0 saturated heterocycles. The number of benzene rings is 1. The zero-order valence-corrected chi connectivity index (χ0v) is 9.77. The van der Waals surface area contributed by atoms with Gasteiger partial charge in [-0.05, 0) is 25.0 Å². The van der Waals surface area contributed by atoms with Crippen LogP contribution in [0.4, 0.5) is 0 Å². The number of aliphatic imine (C=N–C) groups is 1. The van der Waals surface area contributed by atoms with Gasteiger partial charge in [-0.15, -0.1) is 0 Å². The number of ether oxygens (including phenoxy) is 1. The summed E-state index contributed by atoms with van der Waals surface area (Å²) >= 11 is 0. The molecule has 1 aromatic carbocycles. The van der Waals surface area contributed by atoms with Crippen LogP contribution in [0.25, 0.3) is 0 Å². The van der Waals surface area contributed by atoms with Gasteiger partial charge in [-0.25, -0.2) is 4.79 Å². The molecule has 4 nitrogen and oxygen atoms in total. The lowest BCUT2D eigenvalue weighted by atomic mass is 9.88. The lowest BCUT2D eigenvalue weighted by Gasteiger charge is -2.24. The second-order valence-corrected chi connectivity index (χ2v) is 4.33. The molecule has 1 aliphatic carbocycles. The molecule has 1 N–H and O–H groups in total. The van der Waals surface area contributed by atoms with E-state index >= 15 is 0 Å². The maximum atomic E-state index is 10.6. The van der Waals surface area contributed by atoms with Crippen molar-refractivity contribution in [2.75, 3.05) is 7.11 Å². The average molecular weight is 233 g/mol. The van der Waals surface area contributed by atoms with Crippen molar-refractivity contribution in [3.63, 3.8) is 0 Å². The Balaban J connectivity index is 2.53. The van der Waals surface area contributed by atoms with E-state index in [0.29, 0.717) is 5.75 Å². The molecule has 0 amide bonds. The second-order valence-electron chi connectivity index (χ2n) is 4.33. The predicted octanol–water partition coefficient (Wildman–Crippen LogP) is 2.51. The Morgan fingerprint density at radius 2 is 2.12 bits per heavy atom. The fourth-order valence-electron chi connectivity index (χ4n) is 2.55. The summed E-state index contributed by atoms with van der Waals surface area (Å²) in [6, 6.07) is 4.92. The number of aromatic hydroxyl groups is 1. The molecule has 0 unspecified atom stereocenters. The Kier molecular flexibility index (Phi) is 3.16. The second kappa shape index (κ2) is 4.60. The maximum absolute atomic E-state index is 10.6. The highest BCUT2D eigenvalue weighted by Gasteiger charge is 2.38. The van der Waals surface area contributed by atoms with E-state index < -0.39 is 5.54 Å². The summed E-state index contributed by atoms with van der Waals surface area (Å²) in [6.45, 7) is 0. The summed E-state index contributed by atoms with van der Waals surface area (Å²) in [5.41, 5.74) is 0.347. The Morgan fingerprint density at radius 3 is 2.71 bits per heavy atom. The summed E-state index contributed by atoms with van der Waals surface area (Å²) in [5.74, 6) is 0.722. The van der Waals surface area contributed by atoms with Crippen LogP contribution >= 0.6 is 0 Å². The Hall–Kier alpha value is -1.80. The molecule has 4 heteroatoms. The van der Waals surface area contributed by atoms with E-state index in [-0.39, 0.29) is 5.75 Å². The highest BCUT2D eigenvalue weighted by molar-refractivity contribution is 5.47. The van der Waals surface area contributed by atoms with E-state index in [2.05, 4.69) is 4.99 Å². The summed E-state index contributed by atoms with van der Waals surface area (Å²) in [7, 11) is 1.55. The molecule has 0 atom stereocenters. The van der Waals surface area contributed by atoms with E-state index in [1.165, 1.54) is 0 Å².